The summed E-state index contributed by atoms with van der Waals surface area (Å²) in [7, 11) is 0. The van der Waals surface area contributed by atoms with Crippen molar-refractivity contribution < 1.29 is 14.6 Å². The number of urea groups is 1. The van der Waals surface area contributed by atoms with E-state index >= 15 is 0 Å². The van der Waals surface area contributed by atoms with Gasteiger partial charge in [0.25, 0.3) is 0 Å². The molecule has 3 N–H and O–H groups in total. The molecule has 1 aromatic carbocycles. The van der Waals surface area contributed by atoms with E-state index in [-0.39, 0.29) is 24.1 Å². The molecule has 2 amide bonds. The third-order valence-corrected chi connectivity index (χ3v) is 4.46. The van der Waals surface area contributed by atoms with Crippen LogP contribution in [0.15, 0.2) is 24.3 Å². The molecule has 1 aliphatic heterocycles. The Kier molecular flexibility index (Phi) is 6.06. The molecule has 0 aliphatic carbocycles. The van der Waals surface area contributed by atoms with Crippen molar-refractivity contribution >= 4 is 17.6 Å². The molecule has 1 aliphatic rings. The normalized spacial score (nSPS) is 18.5. The molecule has 0 spiro atoms. The summed E-state index contributed by atoms with van der Waals surface area (Å²) in [6.07, 6.45) is 1.62. The Balaban J connectivity index is 2.10. The third-order valence-electron chi connectivity index (χ3n) is 4.13. The molecule has 5 nitrogen and oxygen atoms in total. The first-order valence-corrected chi connectivity index (χ1v) is 7.93. The van der Waals surface area contributed by atoms with Crippen LogP contribution >= 0.6 is 11.6 Å². The molecular formula is C16H23ClN2O3. The predicted octanol–water partition coefficient (Wildman–Crippen LogP) is 2.07. The first-order valence-electron chi connectivity index (χ1n) is 7.55. The van der Waals surface area contributed by atoms with Crippen LogP contribution in [0.5, 0.6) is 0 Å². The molecular weight excluding hydrogens is 304 g/mol. The van der Waals surface area contributed by atoms with Crippen molar-refractivity contribution in [2.75, 3.05) is 26.4 Å². The Bertz CT molecular complexity index is 504. The number of benzene rings is 1. The molecule has 0 saturated carbocycles. The van der Waals surface area contributed by atoms with Crippen LogP contribution < -0.4 is 10.6 Å². The lowest BCUT2D eigenvalue weighted by atomic mass is 9.74. The monoisotopic (exact) mass is 326 g/mol. The van der Waals surface area contributed by atoms with E-state index in [2.05, 4.69) is 10.6 Å². The van der Waals surface area contributed by atoms with Gasteiger partial charge in [-0.15, -0.1) is 0 Å². The topological polar surface area (TPSA) is 70.6 Å². The fourth-order valence-corrected chi connectivity index (χ4v) is 3.10. The van der Waals surface area contributed by atoms with Gasteiger partial charge in [-0.05, 0) is 31.4 Å². The Labute approximate surface area is 136 Å². The third kappa shape index (κ3) is 4.12. The number of aliphatic hydroxyl groups is 1. The van der Waals surface area contributed by atoms with Crippen molar-refractivity contribution in [2.24, 2.45) is 0 Å². The maximum Gasteiger partial charge on any atom is 0.315 e. The standard InChI is InChI=1S/C16H23ClN2O3/c1-12(10-20)19-15(21)18-11-16(6-8-22-9-7-16)13-4-2-3-5-14(13)17/h2-5,12,20H,6-11H2,1H3,(H2,18,19,21)/t12-/m0/s1. The second-order valence-corrected chi connectivity index (χ2v) is 6.19. The summed E-state index contributed by atoms with van der Waals surface area (Å²) in [6, 6.07) is 7.21. The Morgan fingerprint density at radius 2 is 2.09 bits per heavy atom. The number of hydrogen-bond acceptors (Lipinski definition) is 3. The van der Waals surface area contributed by atoms with Gasteiger partial charge in [0.15, 0.2) is 0 Å². The van der Waals surface area contributed by atoms with Crippen molar-refractivity contribution in [1.29, 1.82) is 0 Å². The van der Waals surface area contributed by atoms with Gasteiger partial charge in [-0.25, -0.2) is 4.79 Å². The lowest BCUT2D eigenvalue weighted by molar-refractivity contribution is 0.0506. The summed E-state index contributed by atoms with van der Waals surface area (Å²) in [6.45, 7) is 3.46. The smallest absolute Gasteiger partial charge is 0.315 e. The van der Waals surface area contributed by atoms with E-state index < -0.39 is 0 Å². The Morgan fingerprint density at radius 1 is 1.41 bits per heavy atom. The fraction of sp³-hybridized carbons (Fsp3) is 0.562. The van der Waals surface area contributed by atoms with Crippen LogP contribution in [0, 0.1) is 0 Å². The van der Waals surface area contributed by atoms with Crippen molar-refractivity contribution in [3.8, 4) is 0 Å². The lowest BCUT2D eigenvalue weighted by Crippen LogP contribution is -2.49. The van der Waals surface area contributed by atoms with Crippen LogP contribution in [0.4, 0.5) is 4.79 Å². The second kappa shape index (κ2) is 7.81. The zero-order valence-electron chi connectivity index (χ0n) is 12.8. The average Bonchev–Trinajstić information content (AvgIpc) is 2.54. The molecule has 0 aromatic heterocycles. The first-order chi connectivity index (χ1) is 10.6. The second-order valence-electron chi connectivity index (χ2n) is 5.78. The van der Waals surface area contributed by atoms with Gasteiger partial charge < -0.3 is 20.5 Å². The summed E-state index contributed by atoms with van der Waals surface area (Å²) in [5, 5.41) is 15.3. The zero-order chi connectivity index (χ0) is 16.0. The van der Waals surface area contributed by atoms with Gasteiger partial charge >= 0.3 is 6.03 Å². The first kappa shape index (κ1) is 17.1. The maximum atomic E-state index is 11.9. The summed E-state index contributed by atoms with van der Waals surface area (Å²) in [5.41, 5.74) is 0.839. The molecule has 0 radical (unpaired) electrons. The summed E-state index contributed by atoms with van der Waals surface area (Å²) in [5.74, 6) is 0. The molecule has 0 unspecified atom stereocenters. The minimum Gasteiger partial charge on any atom is -0.394 e. The van der Waals surface area contributed by atoms with Gasteiger partial charge in [-0.3, -0.25) is 0 Å². The van der Waals surface area contributed by atoms with Gasteiger partial charge in [-0.1, -0.05) is 29.8 Å². The van der Waals surface area contributed by atoms with Gasteiger partial charge in [0.1, 0.15) is 0 Å². The largest absolute Gasteiger partial charge is 0.394 e. The van der Waals surface area contributed by atoms with Crippen molar-refractivity contribution in [3.63, 3.8) is 0 Å². The van der Waals surface area contributed by atoms with Crippen LogP contribution in [0.25, 0.3) is 0 Å². The number of ether oxygens (including phenoxy) is 1. The van der Waals surface area contributed by atoms with Crippen LogP contribution in [0.3, 0.4) is 0 Å². The quantitative estimate of drug-likeness (QED) is 0.775. The highest BCUT2D eigenvalue weighted by Gasteiger charge is 2.36. The van der Waals surface area contributed by atoms with E-state index in [1.807, 2.05) is 24.3 Å². The average molecular weight is 327 g/mol. The van der Waals surface area contributed by atoms with Crippen LogP contribution in [-0.4, -0.2) is 43.5 Å². The SMILES string of the molecule is C[C@@H](CO)NC(=O)NCC1(c2ccccc2Cl)CCOCC1. The highest BCUT2D eigenvalue weighted by Crippen LogP contribution is 2.38. The molecule has 1 heterocycles. The van der Waals surface area contributed by atoms with Gasteiger partial charge in [0.2, 0.25) is 0 Å². The van der Waals surface area contributed by atoms with Crippen molar-refractivity contribution in [2.45, 2.75) is 31.2 Å². The summed E-state index contributed by atoms with van der Waals surface area (Å²) < 4.78 is 5.47. The number of amides is 2. The van der Waals surface area contributed by atoms with Gasteiger partial charge in [0.05, 0.1) is 12.6 Å². The van der Waals surface area contributed by atoms with E-state index in [9.17, 15) is 4.79 Å². The van der Waals surface area contributed by atoms with Crippen LogP contribution in [0.1, 0.15) is 25.3 Å². The molecule has 2 rings (SSSR count). The zero-order valence-corrected chi connectivity index (χ0v) is 13.5. The number of halogens is 1. The van der Waals surface area contributed by atoms with Crippen molar-refractivity contribution in [1.82, 2.24) is 10.6 Å². The van der Waals surface area contributed by atoms with Crippen molar-refractivity contribution in [3.05, 3.63) is 34.9 Å². The summed E-state index contributed by atoms with van der Waals surface area (Å²) in [4.78, 5) is 11.9. The lowest BCUT2D eigenvalue weighted by Gasteiger charge is -2.38. The number of carbonyl (C=O) groups is 1. The van der Waals surface area contributed by atoms with E-state index in [4.69, 9.17) is 21.4 Å². The van der Waals surface area contributed by atoms with Crippen LogP contribution in [-0.2, 0) is 10.2 Å². The molecule has 1 saturated heterocycles. The highest BCUT2D eigenvalue weighted by atomic mass is 35.5. The van der Waals surface area contributed by atoms with Gasteiger partial charge in [0, 0.05) is 30.2 Å². The molecule has 122 valence electrons. The predicted molar refractivity (Wildman–Crippen MR) is 86.3 cm³/mol. The number of nitrogens with one attached hydrogen (secondary N) is 2. The van der Waals surface area contributed by atoms with E-state index in [0.717, 1.165) is 23.4 Å². The molecule has 0 bridgehead atoms. The molecule has 22 heavy (non-hydrogen) atoms. The van der Waals surface area contributed by atoms with Crippen LogP contribution in [0.2, 0.25) is 5.02 Å². The number of aliphatic hydroxyl groups excluding tert-OH is 1. The minimum absolute atomic E-state index is 0.0864. The number of carbonyl (C=O) groups excluding carboxylic acids is 1. The summed E-state index contributed by atoms with van der Waals surface area (Å²) >= 11 is 6.37. The Morgan fingerprint density at radius 3 is 2.73 bits per heavy atom. The van der Waals surface area contributed by atoms with E-state index in [1.54, 1.807) is 6.92 Å². The molecule has 1 fully saturated rings. The molecule has 1 aromatic rings. The highest BCUT2D eigenvalue weighted by molar-refractivity contribution is 6.31. The van der Waals surface area contributed by atoms with Gasteiger partial charge in [-0.2, -0.15) is 0 Å². The number of rotatable bonds is 5. The molecule has 1 atom stereocenters. The fourth-order valence-electron chi connectivity index (χ4n) is 2.76. The molecule has 6 heteroatoms. The Hall–Kier alpha value is -1.30. The maximum absolute atomic E-state index is 11.9. The number of hydrogen-bond donors (Lipinski definition) is 3. The minimum atomic E-state index is -0.278. The van der Waals surface area contributed by atoms with E-state index in [0.29, 0.717) is 19.8 Å². The van der Waals surface area contributed by atoms with E-state index in [1.165, 1.54) is 0 Å².